The minimum Gasteiger partial charge on any atom is -0.366 e. The number of fused-ring (bicyclic) bond motifs is 2. The molecule has 0 saturated carbocycles. The second-order valence-electron chi connectivity index (χ2n) is 8.41. The number of carbonyl (C=O) groups excluding carboxylic acids is 2. The summed E-state index contributed by atoms with van der Waals surface area (Å²) in [6.07, 6.45) is 1.71. The topological polar surface area (TPSA) is 65.1 Å². The molecule has 0 spiro atoms. The molecule has 0 bridgehead atoms. The van der Waals surface area contributed by atoms with Crippen LogP contribution in [0.3, 0.4) is 0 Å². The van der Waals surface area contributed by atoms with Crippen molar-refractivity contribution in [3.63, 3.8) is 0 Å². The molecular weight excluding hydrogens is 384 g/mol. The molecule has 1 heterocycles. The van der Waals surface area contributed by atoms with E-state index in [1.54, 1.807) is 6.07 Å². The molecule has 0 radical (unpaired) electrons. The number of carbonyl (C=O) groups is 2. The Morgan fingerprint density at radius 2 is 1.71 bits per heavy atom. The van der Waals surface area contributed by atoms with Crippen LogP contribution in [0.5, 0.6) is 0 Å². The normalized spacial score (nSPS) is 11.5. The summed E-state index contributed by atoms with van der Waals surface area (Å²) in [6.45, 7) is 6.62. The summed E-state index contributed by atoms with van der Waals surface area (Å²) in [6, 6.07) is 20.1. The molecule has 0 atom stereocenters. The van der Waals surface area contributed by atoms with Crippen molar-refractivity contribution < 1.29 is 9.59 Å². The van der Waals surface area contributed by atoms with Gasteiger partial charge in [0.25, 0.3) is 0 Å². The number of hydrogen-bond acceptors (Lipinski definition) is 2. The van der Waals surface area contributed by atoms with Crippen molar-refractivity contribution in [1.82, 2.24) is 4.57 Å². The highest BCUT2D eigenvalue weighted by molar-refractivity contribution is 6.11. The third-order valence-electron chi connectivity index (χ3n) is 5.92. The van der Waals surface area contributed by atoms with E-state index in [0.29, 0.717) is 12.1 Å². The third kappa shape index (κ3) is 3.74. The van der Waals surface area contributed by atoms with Gasteiger partial charge in [0.15, 0.2) is 5.78 Å². The van der Waals surface area contributed by atoms with Gasteiger partial charge in [-0.05, 0) is 34.9 Å². The first kappa shape index (κ1) is 20.9. The van der Waals surface area contributed by atoms with E-state index < -0.39 is 5.91 Å². The number of benzene rings is 3. The number of ketones is 1. The van der Waals surface area contributed by atoms with Crippen LogP contribution in [0.15, 0.2) is 60.7 Å². The van der Waals surface area contributed by atoms with Crippen LogP contribution >= 0.6 is 0 Å². The first-order valence-corrected chi connectivity index (χ1v) is 10.9. The molecule has 0 aliphatic heterocycles. The average Bonchev–Trinajstić information content (AvgIpc) is 3.06. The van der Waals surface area contributed by atoms with Gasteiger partial charge in [-0.25, -0.2) is 0 Å². The average molecular weight is 413 g/mol. The molecule has 4 aromatic rings. The van der Waals surface area contributed by atoms with E-state index in [0.717, 1.165) is 35.0 Å². The highest BCUT2D eigenvalue weighted by Gasteiger charge is 2.24. The van der Waals surface area contributed by atoms with E-state index >= 15 is 0 Å². The van der Waals surface area contributed by atoms with Gasteiger partial charge < -0.3 is 10.3 Å². The number of nitrogens with zero attached hydrogens (tertiary/aromatic N) is 1. The fraction of sp³-hybridized carbons (Fsp3) is 0.259. The van der Waals surface area contributed by atoms with Gasteiger partial charge in [0.05, 0.1) is 5.52 Å². The summed E-state index contributed by atoms with van der Waals surface area (Å²) in [4.78, 5) is 25.1. The minimum absolute atomic E-state index is 0.108. The van der Waals surface area contributed by atoms with E-state index in [2.05, 4.69) is 41.8 Å². The van der Waals surface area contributed by atoms with Crippen LogP contribution in [0, 0.1) is 5.92 Å². The molecule has 3 aromatic carbocycles. The maximum Gasteiger partial charge on any atom is 0.248 e. The summed E-state index contributed by atoms with van der Waals surface area (Å²) in [5, 5.41) is 3.27. The molecule has 1 amide bonds. The molecule has 31 heavy (non-hydrogen) atoms. The quantitative estimate of drug-likeness (QED) is 0.394. The Hall–Kier alpha value is -3.40. The Balaban J connectivity index is 2.01. The van der Waals surface area contributed by atoms with Crippen LogP contribution in [-0.4, -0.2) is 16.3 Å². The fourth-order valence-electron chi connectivity index (χ4n) is 4.40. The van der Waals surface area contributed by atoms with Crippen LogP contribution in [0.2, 0.25) is 0 Å². The standard InChI is InChI=1S/C27H28N2O2/c1-4-8-23-25(26(30)17(2)3)22-14-13-19(27(28)31)15-24(22)29(23)16-20-11-7-10-18-9-5-6-12-21(18)20/h5-7,9-15,17H,4,8,16H2,1-3H3,(H2,28,31). The molecule has 4 heteroatoms. The number of amides is 1. The highest BCUT2D eigenvalue weighted by atomic mass is 16.1. The lowest BCUT2D eigenvalue weighted by atomic mass is 9.96. The summed E-state index contributed by atoms with van der Waals surface area (Å²) in [7, 11) is 0. The van der Waals surface area contributed by atoms with Gasteiger partial charge in [-0.2, -0.15) is 0 Å². The Kier molecular flexibility index (Phi) is 5.64. The zero-order valence-corrected chi connectivity index (χ0v) is 18.3. The number of rotatable bonds is 7. The molecule has 0 aliphatic rings. The number of nitrogens with two attached hydrogens (primary N) is 1. The second-order valence-corrected chi connectivity index (χ2v) is 8.41. The van der Waals surface area contributed by atoms with Crippen molar-refractivity contribution in [2.75, 3.05) is 0 Å². The number of Topliss-reactive ketones (excluding diaryl/α,β-unsaturated/α-hetero) is 1. The van der Waals surface area contributed by atoms with E-state index in [1.807, 2.05) is 38.1 Å². The predicted octanol–water partition coefficient (Wildman–Crippen LogP) is 5.73. The molecule has 0 fully saturated rings. The maximum atomic E-state index is 13.2. The Labute approximate surface area is 182 Å². The number of primary amides is 1. The molecule has 4 rings (SSSR count). The van der Waals surface area contributed by atoms with E-state index in [4.69, 9.17) is 5.73 Å². The van der Waals surface area contributed by atoms with Gasteiger partial charge in [0.1, 0.15) is 0 Å². The van der Waals surface area contributed by atoms with Crippen LogP contribution in [0.1, 0.15) is 59.2 Å². The highest BCUT2D eigenvalue weighted by Crippen LogP contribution is 2.32. The minimum atomic E-state index is -0.464. The van der Waals surface area contributed by atoms with E-state index in [1.165, 1.54) is 16.3 Å². The fourth-order valence-corrected chi connectivity index (χ4v) is 4.40. The van der Waals surface area contributed by atoms with Gasteiger partial charge in [0.2, 0.25) is 5.91 Å². The van der Waals surface area contributed by atoms with Gasteiger partial charge in [-0.1, -0.05) is 75.7 Å². The smallest absolute Gasteiger partial charge is 0.248 e. The monoisotopic (exact) mass is 412 g/mol. The van der Waals surface area contributed by atoms with Crippen LogP contribution in [0.25, 0.3) is 21.7 Å². The van der Waals surface area contributed by atoms with Crippen molar-refractivity contribution in [2.24, 2.45) is 11.7 Å². The lowest BCUT2D eigenvalue weighted by Gasteiger charge is -2.14. The molecule has 1 aromatic heterocycles. The zero-order valence-electron chi connectivity index (χ0n) is 18.3. The molecular formula is C27H28N2O2. The van der Waals surface area contributed by atoms with Crippen LogP contribution in [-0.2, 0) is 13.0 Å². The Bertz CT molecular complexity index is 1290. The lowest BCUT2D eigenvalue weighted by Crippen LogP contribution is -2.12. The van der Waals surface area contributed by atoms with Crippen LogP contribution < -0.4 is 5.73 Å². The molecule has 0 saturated heterocycles. The van der Waals surface area contributed by atoms with Crippen molar-refractivity contribution in [2.45, 2.75) is 40.2 Å². The van der Waals surface area contributed by atoms with Crippen molar-refractivity contribution >= 4 is 33.4 Å². The Morgan fingerprint density at radius 1 is 0.968 bits per heavy atom. The molecule has 2 N–H and O–H groups in total. The van der Waals surface area contributed by atoms with Crippen molar-refractivity contribution in [3.05, 3.63) is 83.0 Å². The van der Waals surface area contributed by atoms with Crippen molar-refractivity contribution in [1.29, 1.82) is 0 Å². The number of hydrogen-bond donors (Lipinski definition) is 1. The lowest BCUT2D eigenvalue weighted by molar-refractivity contribution is 0.0939. The van der Waals surface area contributed by atoms with Gasteiger partial charge in [-0.15, -0.1) is 0 Å². The summed E-state index contributed by atoms with van der Waals surface area (Å²) in [5.74, 6) is -0.437. The van der Waals surface area contributed by atoms with E-state index in [-0.39, 0.29) is 11.7 Å². The molecule has 4 nitrogen and oxygen atoms in total. The Morgan fingerprint density at radius 3 is 2.42 bits per heavy atom. The predicted molar refractivity (Wildman–Crippen MR) is 127 cm³/mol. The summed E-state index contributed by atoms with van der Waals surface area (Å²) < 4.78 is 2.21. The largest absolute Gasteiger partial charge is 0.366 e. The third-order valence-corrected chi connectivity index (χ3v) is 5.92. The molecule has 0 unspecified atom stereocenters. The summed E-state index contributed by atoms with van der Waals surface area (Å²) >= 11 is 0. The SMILES string of the molecule is CCCc1c(C(=O)C(C)C)c2ccc(C(N)=O)cc2n1Cc1cccc2ccccc12. The molecule has 0 aliphatic carbocycles. The van der Waals surface area contributed by atoms with Crippen LogP contribution in [0.4, 0.5) is 0 Å². The van der Waals surface area contributed by atoms with Gasteiger partial charge in [-0.3, -0.25) is 9.59 Å². The first-order valence-electron chi connectivity index (χ1n) is 10.9. The van der Waals surface area contributed by atoms with Crippen molar-refractivity contribution in [3.8, 4) is 0 Å². The molecule has 158 valence electrons. The first-order chi connectivity index (χ1) is 14.9. The van der Waals surface area contributed by atoms with Gasteiger partial charge >= 0.3 is 0 Å². The van der Waals surface area contributed by atoms with Gasteiger partial charge in [0, 0.05) is 34.7 Å². The maximum absolute atomic E-state index is 13.2. The summed E-state index contributed by atoms with van der Waals surface area (Å²) in [5.41, 5.74) is 9.91. The second kappa shape index (κ2) is 8.38. The number of aromatic nitrogens is 1. The van der Waals surface area contributed by atoms with E-state index in [9.17, 15) is 9.59 Å². The zero-order chi connectivity index (χ0) is 22.1.